The van der Waals surface area contributed by atoms with E-state index in [0.29, 0.717) is 36.9 Å². The normalized spacial score (nSPS) is 11.3. The number of aryl methyl sites for hydroxylation is 1. The van der Waals surface area contributed by atoms with Crippen molar-refractivity contribution in [1.29, 1.82) is 0 Å². The number of rotatable bonds is 8. The van der Waals surface area contributed by atoms with Crippen molar-refractivity contribution in [2.75, 3.05) is 13.1 Å². The maximum absolute atomic E-state index is 13.6. The lowest BCUT2D eigenvalue weighted by molar-refractivity contribution is 0.368. The first-order valence-electron chi connectivity index (χ1n) is 8.68. The van der Waals surface area contributed by atoms with E-state index in [4.69, 9.17) is 4.52 Å². The van der Waals surface area contributed by atoms with E-state index in [1.54, 1.807) is 12.1 Å². The van der Waals surface area contributed by atoms with Crippen LogP contribution in [0.5, 0.6) is 0 Å². The average molecular weight is 475 g/mol. The Morgan fingerprint density at radius 2 is 2.04 bits per heavy atom. The predicted molar refractivity (Wildman–Crippen MR) is 111 cm³/mol. The fraction of sp³-hybridized carbons (Fsp3) is 0.500. The van der Waals surface area contributed by atoms with Crippen LogP contribution in [-0.4, -0.2) is 29.2 Å². The molecule has 0 aliphatic carbocycles. The number of nitrogens with zero attached hydrogens (tertiary/aromatic N) is 3. The molecular weight excluding hydrogens is 448 g/mol. The topological polar surface area (TPSA) is 75.3 Å². The van der Waals surface area contributed by atoms with Gasteiger partial charge < -0.3 is 15.2 Å². The van der Waals surface area contributed by atoms with E-state index in [1.165, 1.54) is 6.07 Å². The largest absolute Gasteiger partial charge is 0.357 e. The molecule has 0 aliphatic rings. The fourth-order valence-electron chi connectivity index (χ4n) is 2.18. The summed E-state index contributed by atoms with van der Waals surface area (Å²) in [6.45, 7) is 7.80. The minimum atomic E-state index is -0.237. The SMILES string of the molecule is CCNC(=NCc1ccccc1F)NCCCc1nc(C(C)C)no1.I. The molecule has 0 saturated heterocycles. The molecule has 2 aromatic rings. The van der Waals surface area contributed by atoms with Crippen molar-refractivity contribution >= 4 is 29.9 Å². The Morgan fingerprint density at radius 1 is 1.27 bits per heavy atom. The molecule has 2 rings (SSSR count). The van der Waals surface area contributed by atoms with Gasteiger partial charge in [0.25, 0.3) is 0 Å². The van der Waals surface area contributed by atoms with Gasteiger partial charge >= 0.3 is 0 Å². The smallest absolute Gasteiger partial charge is 0.226 e. The second-order valence-electron chi connectivity index (χ2n) is 6.02. The Labute approximate surface area is 171 Å². The van der Waals surface area contributed by atoms with Gasteiger partial charge in [-0.15, -0.1) is 24.0 Å². The highest BCUT2D eigenvalue weighted by atomic mass is 127. The van der Waals surface area contributed by atoms with Crippen LogP contribution in [0.15, 0.2) is 33.8 Å². The first-order chi connectivity index (χ1) is 12.1. The van der Waals surface area contributed by atoms with E-state index in [2.05, 4.69) is 25.8 Å². The van der Waals surface area contributed by atoms with Gasteiger partial charge in [0.15, 0.2) is 11.8 Å². The molecule has 0 atom stereocenters. The highest BCUT2D eigenvalue weighted by molar-refractivity contribution is 14.0. The summed E-state index contributed by atoms with van der Waals surface area (Å²) in [7, 11) is 0. The van der Waals surface area contributed by atoms with Gasteiger partial charge in [0, 0.05) is 31.0 Å². The molecule has 0 aliphatic heterocycles. The monoisotopic (exact) mass is 475 g/mol. The standard InChI is InChI=1S/C18H26FN5O.HI/c1-4-20-18(22-12-14-8-5-6-9-15(14)19)21-11-7-10-16-23-17(13(2)3)24-25-16;/h5-6,8-9,13H,4,7,10-12H2,1-3H3,(H2,20,21,22);1H. The van der Waals surface area contributed by atoms with Crippen molar-refractivity contribution < 1.29 is 8.91 Å². The minimum Gasteiger partial charge on any atom is -0.357 e. The highest BCUT2D eigenvalue weighted by Gasteiger charge is 2.09. The van der Waals surface area contributed by atoms with Crippen LogP contribution in [0, 0.1) is 5.82 Å². The molecule has 6 nitrogen and oxygen atoms in total. The Hall–Kier alpha value is -1.71. The molecule has 0 amide bonds. The van der Waals surface area contributed by atoms with Crippen LogP contribution in [0.3, 0.4) is 0 Å². The van der Waals surface area contributed by atoms with Crippen molar-refractivity contribution in [2.45, 2.75) is 46.1 Å². The van der Waals surface area contributed by atoms with E-state index in [0.717, 1.165) is 18.8 Å². The third kappa shape index (κ3) is 7.27. The lowest BCUT2D eigenvalue weighted by Crippen LogP contribution is -2.37. The molecule has 1 aromatic heterocycles. The Kier molecular flexibility index (Phi) is 10.2. The van der Waals surface area contributed by atoms with Gasteiger partial charge in [0.05, 0.1) is 6.54 Å². The molecule has 0 bridgehead atoms. The number of hydrogen-bond donors (Lipinski definition) is 2. The first kappa shape index (κ1) is 22.3. The van der Waals surface area contributed by atoms with Gasteiger partial charge in [-0.2, -0.15) is 4.98 Å². The number of benzene rings is 1. The number of nitrogens with one attached hydrogen (secondary N) is 2. The number of aromatic nitrogens is 2. The van der Waals surface area contributed by atoms with Crippen LogP contribution in [0.4, 0.5) is 4.39 Å². The Morgan fingerprint density at radius 3 is 2.69 bits per heavy atom. The fourth-order valence-corrected chi connectivity index (χ4v) is 2.18. The minimum absolute atomic E-state index is 0. The van der Waals surface area contributed by atoms with Crippen molar-refractivity contribution in [3.8, 4) is 0 Å². The average Bonchev–Trinajstić information content (AvgIpc) is 3.07. The maximum atomic E-state index is 13.6. The van der Waals surface area contributed by atoms with E-state index in [1.807, 2.05) is 26.8 Å². The lowest BCUT2D eigenvalue weighted by Gasteiger charge is -2.11. The van der Waals surface area contributed by atoms with Crippen LogP contribution in [-0.2, 0) is 13.0 Å². The number of hydrogen-bond acceptors (Lipinski definition) is 4. The molecule has 0 saturated carbocycles. The molecule has 1 heterocycles. The molecule has 0 radical (unpaired) electrons. The summed E-state index contributed by atoms with van der Waals surface area (Å²) in [6, 6.07) is 6.67. The van der Waals surface area contributed by atoms with Gasteiger partial charge in [0.1, 0.15) is 5.82 Å². The molecule has 26 heavy (non-hydrogen) atoms. The quantitative estimate of drug-likeness (QED) is 0.264. The van der Waals surface area contributed by atoms with Crippen molar-refractivity contribution in [2.24, 2.45) is 4.99 Å². The van der Waals surface area contributed by atoms with Gasteiger partial charge in [0.2, 0.25) is 5.89 Å². The number of halogens is 2. The molecule has 1 aromatic carbocycles. The van der Waals surface area contributed by atoms with Crippen molar-refractivity contribution in [3.05, 3.63) is 47.4 Å². The summed E-state index contributed by atoms with van der Waals surface area (Å²) in [5.41, 5.74) is 0.576. The van der Waals surface area contributed by atoms with Crippen LogP contribution >= 0.6 is 24.0 Å². The second-order valence-corrected chi connectivity index (χ2v) is 6.02. The Bertz CT molecular complexity index is 690. The number of aliphatic imine (C=N–C) groups is 1. The zero-order valence-corrected chi connectivity index (χ0v) is 17.8. The lowest BCUT2D eigenvalue weighted by atomic mass is 10.2. The van der Waals surface area contributed by atoms with Crippen LogP contribution in [0.2, 0.25) is 0 Å². The summed E-state index contributed by atoms with van der Waals surface area (Å²) in [6.07, 6.45) is 1.54. The zero-order chi connectivity index (χ0) is 18.1. The summed E-state index contributed by atoms with van der Waals surface area (Å²) >= 11 is 0. The molecule has 144 valence electrons. The summed E-state index contributed by atoms with van der Waals surface area (Å²) in [5, 5.41) is 10.3. The van der Waals surface area contributed by atoms with E-state index in [-0.39, 0.29) is 35.7 Å². The van der Waals surface area contributed by atoms with Gasteiger partial charge in [-0.3, -0.25) is 0 Å². The molecular formula is C18H27FIN5O. The van der Waals surface area contributed by atoms with Crippen LogP contribution in [0.25, 0.3) is 0 Å². The van der Waals surface area contributed by atoms with E-state index < -0.39 is 0 Å². The molecule has 0 spiro atoms. The third-order valence-electron chi connectivity index (χ3n) is 3.57. The summed E-state index contributed by atoms with van der Waals surface area (Å²) in [5.74, 6) is 2.08. The summed E-state index contributed by atoms with van der Waals surface area (Å²) in [4.78, 5) is 8.77. The zero-order valence-electron chi connectivity index (χ0n) is 15.5. The predicted octanol–water partition coefficient (Wildman–Crippen LogP) is 3.64. The molecule has 0 unspecified atom stereocenters. The second kappa shape index (κ2) is 11.8. The van der Waals surface area contributed by atoms with Gasteiger partial charge in [-0.05, 0) is 19.4 Å². The first-order valence-corrected chi connectivity index (χ1v) is 8.68. The highest BCUT2D eigenvalue weighted by Crippen LogP contribution is 2.10. The van der Waals surface area contributed by atoms with E-state index >= 15 is 0 Å². The van der Waals surface area contributed by atoms with Crippen LogP contribution in [0.1, 0.15) is 50.4 Å². The van der Waals surface area contributed by atoms with Crippen molar-refractivity contribution in [3.63, 3.8) is 0 Å². The molecule has 2 N–H and O–H groups in total. The Balaban J connectivity index is 0.00000338. The maximum Gasteiger partial charge on any atom is 0.226 e. The molecule has 0 fully saturated rings. The van der Waals surface area contributed by atoms with E-state index in [9.17, 15) is 4.39 Å². The van der Waals surface area contributed by atoms with Gasteiger partial charge in [-0.1, -0.05) is 37.2 Å². The number of guanidine groups is 1. The van der Waals surface area contributed by atoms with Crippen LogP contribution < -0.4 is 10.6 Å². The summed E-state index contributed by atoms with van der Waals surface area (Å²) < 4.78 is 18.9. The van der Waals surface area contributed by atoms with Gasteiger partial charge in [-0.25, -0.2) is 9.38 Å². The third-order valence-corrected chi connectivity index (χ3v) is 3.57. The van der Waals surface area contributed by atoms with Crippen molar-refractivity contribution in [1.82, 2.24) is 20.8 Å². The molecule has 8 heteroatoms.